The molecule has 0 saturated heterocycles. The fourth-order valence-corrected chi connectivity index (χ4v) is 1.57. The van der Waals surface area contributed by atoms with Gasteiger partial charge in [-0.15, -0.1) is 0 Å². The summed E-state index contributed by atoms with van der Waals surface area (Å²) in [4.78, 5) is 22.4. The SMILES string of the molecule is Cc1c(C(=O)O)nn(C)c1NC(=O)C1CC1. The second kappa shape index (κ2) is 3.62. The molecule has 0 aliphatic heterocycles. The Morgan fingerprint density at radius 1 is 1.50 bits per heavy atom. The monoisotopic (exact) mass is 223 g/mol. The fourth-order valence-electron chi connectivity index (χ4n) is 1.57. The zero-order chi connectivity index (χ0) is 11.9. The van der Waals surface area contributed by atoms with Crippen LogP contribution in [0.25, 0.3) is 0 Å². The summed E-state index contributed by atoms with van der Waals surface area (Å²) in [5.74, 6) is -0.583. The van der Waals surface area contributed by atoms with E-state index in [-0.39, 0.29) is 17.5 Å². The molecule has 1 heterocycles. The van der Waals surface area contributed by atoms with Gasteiger partial charge < -0.3 is 10.4 Å². The zero-order valence-corrected chi connectivity index (χ0v) is 9.15. The van der Waals surface area contributed by atoms with Gasteiger partial charge in [0.25, 0.3) is 0 Å². The van der Waals surface area contributed by atoms with Gasteiger partial charge in [0.15, 0.2) is 5.69 Å². The van der Waals surface area contributed by atoms with E-state index in [1.165, 1.54) is 4.68 Å². The van der Waals surface area contributed by atoms with Crippen molar-refractivity contribution in [2.24, 2.45) is 13.0 Å². The number of aromatic carboxylic acids is 1. The fraction of sp³-hybridized carbons (Fsp3) is 0.500. The van der Waals surface area contributed by atoms with Crippen molar-refractivity contribution in [1.29, 1.82) is 0 Å². The van der Waals surface area contributed by atoms with Crippen LogP contribution < -0.4 is 5.32 Å². The molecule has 2 rings (SSSR count). The number of hydrogen-bond acceptors (Lipinski definition) is 3. The van der Waals surface area contributed by atoms with Crippen LogP contribution in [-0.2, 0) is 11.8 Å². The van der Waals surface area contributed by atoms with E-state index in [1.807, 2.05) is 0 Å². The van der Waals surface area contributed by atoms with Crippen LogP contribution in [-0.4, -0.2) is 26.8 Å². The number of carboxylic acid groups (broad SMARTS) is 1. The third-order valence-corrected chi connectivity index (χ3v) is 2.68. The molecule has 1 aromatic rings. The average Bonchev–Trinajstić information content (AvgIpc) is 3.00. The molecule has 1 aliphatic rings. The van der Waals surface area contributed by atoms with E-state index in [9.17, 15) is 9.59 Å². The summed E-state index contributed by atoms with van der Waals surface area (Å²) in [6.07, 6.45) is 1.82. The molecule has 1 aromatic heterocycles. The van der Waals surface area contributed by atoms with E-state index in [0.29, 0.717) is 11.4 Å². The van der Waals surface area contributed by atoms with Crippen molar-refractivity contribution in [1.82, 2.24) is 9.78 Å². The van der Waals surface area contributed by atoms with Gasteiger partial charge in [0, 0.05) is 18.5 Å². The molecule has 0 bridgehead atoms. The molecule has 0 radical (unpaired) electrons. The second-order valence-corrected chi connectivity index (χ2v) is 4.01. The van der Waals surface area contributed by atoms with Gasteiger partial charge in [0.2, 0.25) is 5.91 Å². The molecule has 1 amide bonds. The molecule has 0 aromatic carbocycles. The van der Waals surface area contributed by atoms with Crippen molar-refractivity contribution in [2.75, 3.05) is 5.32 Å². The van der Waals surface area contributed by atoms with Crippen LogP contribution in [0.3, 0.4) is 0 Å². The minimum atomic E-state index is -1.08. The molecule has 0 atom stereocenters. The van der Waals surface area contributed by atoms with Gasteiger partial charge in [-0.05, 0) is 19.8 Å². The minimum absolute atomic E-state index is 0.0198. The molecule has 1 fully saturated rings. The third kappa shape index (κ3) is 1.78. The Balaban J connectivity index is 2.25. The molecule has 1 saturated carbocycles. The number of carbonyl (C=O) groups excluding carboxylic acids is 1. The molecular formula is C10H13N3O3. The minimum Gasteiger partial charge on any atom is -0.476 e. The third-order valence-electron chi connectivity index (χ3n) is 2.68. The lowest BCUT2D eigenvalue weighted by molar-refractivity contribution is -0.117. The number of nitrogens with zero attached hydrogens (tertiary/aromatic N) is 2. The largest absolute Gasteiger partial charge is 0.476 e. The summed E-state index contributed by atoms with van der Waals surface area (Å²) in [5.41, 5.74) is 0.470. The number of aromatic nitrogens is 2. The second-order valence-electron chi connectivity index (χ2n) is 4.01. The highest BCUT2D eigenvalue weighted by Crippen LogP contribution is 2.30. The molecular weight excluding hydrogens is 210 g/mol. The molecule has 16 heavy (non-hydrogen) atoms. The summed E-state index contributed by atoms with van der Waals surface area (Å²) in [6.45, 7) is 1.64. The maximum absolute atomic E-state index is 11.6. The number of nitrogens with one attached hydrogen (secondary N) is 1. The van der Waals surface area contributed by atoms with Crippen molar-refractivity contribution in [2.45, 2.75) is 19.8 Å². The molecule has 1 aliphatic carbocycles. The Bertz CT molecular complexity index is 460. The van der Waals surface area contributed by atoms with E-state index in [1.54, 1.807) is 14.0 Å². The summed E-state index contributed by atoms with van der Waals surface area (Å²) in [7, 11) is 1.61. The predicted octanol–water partition coefficient (Wildman–Crippen LogP) is 0.775. The van der Waals surface area contributed by atoms with Crippen LogP contribution in [0.15, 0.2) is 0 Å². The number of anilines is 1. The zero-order valence-electron chi connectivity index (χ0n) is 9.15. The highest BCUT2D eigenvalue weighted by atomic mass is 16.4. The summed E-state index contributed by atoms with van der Waals surface area (Å²) < 4.78 is 1.39. The standard InChI is InChI=1S/C10H13N3O3/c1-5-7(10(15)16)12-13(2)8(5)11-9(14)6-3-4-6/h6H,3-4H2,1-2H3,(H,11,14)(H,15,16). The number of rotatable bonds is 3. The molecule has 0 unspecified atom stereocenters. The molecule has 0 spiro atoms. The van der Waals surface area contributed by atoms with Crippen LogP contribution in [0.4, 0.5) is 5.82 Å². The number of amides is 1. The quantitative estimate of drug-likeness (QED) is 0.792. The van der Waals surface area contributed by atoms with Crippen molar-refractivity contribution < 1.29 is 14.7 Å². The number of aryl methyl sites for hydroxylation is 1. The van der Waals surface area contributed by atoms with Crippen molar-refractivity contribution in [3.05, 3.63) is 11.3 Å². The Morgan fingerprint density at radius 3 is 2.56 bits per heavy atom. The van der Waals surface area contributed by atoms with Crippen LogP contribution >= 0.6 is 0 Å². The van der Waals surface area contributed by atoms with Crippen molar-refractivity contribution >= 4 is 17.7 Å². The van der Waals surface area contributed by atoms with Crippen LogP contribution in [0.5, 0.6) is 0 Å². The Labute approximate surface area is 92.3 Å². The van der Waals surface area contributed by atoms with E-state index in [4.69, 9.17) is 5.11 Å². The number of carbonyl (C=O) groups is 2. The van der Waals surface area contributed by atoms with Crippen molar-refractivity contribution in [3.63, 3.8) is 0 Å². The predicted molar refractivity (Wildman–Crippen MR) is 56.3 cm³/mol. The summed E-state index contributed by atoms with van der Waals surface area (Å²) in [6, 6.07) is 0. The van der Waals surface area contributed by atoms with Gasteiger partial charge in [-0.1, -0.05) is 0 Å². The lowest BCUT2D eigenvalue weighted by Crippen LogP contribution is -2.16. The summed E-state index contributed by atoms with van der Waals surface area (Å²) >= 11 is 0. The van der Waals surface area contributed by atoms with E-state index < -0.39 is 5.97 Å². The first-order valence-electron chi connectivity index (χ1n) is 5.08. The molecule has 86 valence electrons. The molecule has 2 N–H and O–H groups in total. The Kier molecular flexibility index (Phi) is 2.41. The first-order valence-corrected chi connectivity index (χ1v) is 5.08. The maximum Gasteiger partial charge on any atom is 0.356 e. The number of carboxylic acids is 1. The Morgan fingerprint density at radius 2 is 2.12 bits per heavy atom. The van der Waals surface area contributed by atoms with Crippen LogP contribution in [0.1, 0.15) is 28.9 Å². The lowest BCUT2D eigenvalue weighted by atomic mass is 10.2. The first-order chi connectivity index (χ1) is 7.50. The van der Waals surface area contributed by atoms with E-state index >= 15 is 0 Å². The first kappa shape index (κ1) is 10.7. The van der Waals surface area contributed by atoms with Gasteiger partial charge >= 0.3 is 5.97 Å². The highest BCUT2D eigenvalue weighted by Gasteiger charge is 2.31. The maximum atomic E-state index is 11.6. The topological polar surface area (TPSA) is 84.2 Å². The Hall–Kier alpha value is -1.85. The molecule has 6 heteroatoms. The number of hydrogen-bond donors (Lipinski definition) is 2. The van der Waals surface area contributed by atoms with Crippen LogP contribution in [0, 0.1) is 12.8 Å². The smallest absolute Gasteiger partial charge is 0.356 e. The average molecular weight is 223 g/mol. The van der Waals surface area contributed by atoms with Gasteiger partial charge in [-0.2, -0.15) is 5.10 Å². The molecule has 6 nitrogen and oxygen atoms in total. The van der Waals surface area contributed by atoms with Gasteiger partial charge in [0.05, 0.1) is 0 Å². The normalized spacial score (nSPS) is 14.9. The van der Waals surface area contributed by atoms with Crippen LogP contribution in [0.2, 0.25) is 0 Å². The lowest BCUT2D eigenvalue weighted by Gasteiger charge is -2.05. The van der Waals surface area contributed by atoms with Gasteiger partial charge in [-0.3, -0.25) is 9.48 Å². The highest BCUT2D eigenvalue weighted by molar-refractivity contribution is 5.96. The van der Waals surface area contributed by atoms with Crippen molar-refractivity contribution in [3.8, 4) is 0 Å². The van der Waals surface area contributed by atoms with E-state index in [0.717, 1.165) is 12.8 Å². The van der Waals surface area contributed by atoms with Gasteiger partial charge in [0.1, 0.15) is 5.82 Å². The van der Waals surface area contributed by atoms with E-state index in [2.05, 4.69) is 10.4 Å². The summed E-state index contributed by atoms with van der Waals surface area (Å²) in [5, 5.41) is 15.4. The van der Waals surface area contributed by atoms with Gasteiger partial charge in [-0.25, -0.2) is 4.79 Å².